The number of amidine groups is 1. The minimum Gasteiger partial charge on any atom is -0.471 e. The van der Waals surface area contributed by atoms with Crippen molar-refractivity contribution in [3.63, 3.8) is 0 Å². The average Bonchev–Trinajstić information content (AvgIpc) is 3.31. The minimum atomic E-state index is -0.769. The number of hydrogen-bond acceptors (Lipinski definition) is 5. The van der Waals surface area contributed by atoms with E-state index in [0.717, 1.165) is 11.1 Å². The van der Waals surface area contributed by atoms with Crippen LogP contribution in [0.3, 0.4) is 0 Å². The largest absolute Gasteiger partial charge is 0.471 e. The van der Waals surface area contributed by atoms with Gasteiger partial charge in [0, 0.05) is 16.8 Å². The first kappa shape index (κ1) is 22.4. The molecule has 33 heavy (non-hydrogen) atoms. The fourth-order valence-electron chi connectivity index (χ4n) is 2.94. The summed E-state index contributed by atoms with van der Waals surface area (Å²) < 4.78 is 7.19. The van der Waals surface area contributed by atoms with Gasteiger partial charge in [-0.25, -0.2) is 9.48 Å². The van der Waals surface area contributed by atoms with E-state index in [1.54, 1.807) is 18.3 Å². The third-order valence-corrected chi connectivity index (χ3v) is 5.16. The van der Waals surface area contributed by atoms with Crippen LogP contribution in [0.25, 0.3) is 11.1 Å². The fraction of sp³-hybridized carbons (Fsp3) is 0.0417. The number of carbonyl (C=O) groups is 1. The topological polar surface area (TPSA) is 91.7 Å². The Hall–Kier alpha value is -3.81. The van der Waals surface area contributed by atoms with E-state index in [2.05, 4.69) is 10.3 Å². The number of oxime groups is 1. The molecule has 0 fully saturated rings. The SMILES string of the molecule is N/C(=N\OC(=O)c1ccn(COc2ccc(-c3ccccc3)cc2)n1)c1ccc(Cl)cc1Cl. The van der Waals surface area contributed by atoms with E-state index in [0.29, 0.717) is 16.3 Å². The minimum absolute atomic E-state index is 0.0526. The van der Waals surface area contributed by atoms with Crippen molar-refractivity contribution >= 4 is 35.0 Å². The molecule has 4 rings (SSSR count). The van der Waals surface area contributed by atoms with Crippen LogP contribution in [0.15, 0.2) is 90.2 Å². The number of halogens is 2. The van der Waals surface area contributed by atoms with Crippen molar-refractivity contribution in [1.29, 1.82) is 0 Å². The van der Waals surface area contributed by atoms with E-state index >= 15 is 0 Å². The molecule has 4 aromatic rings. The quantitative estimate of drug-likeness (QED) is 0.166. The lowest BCUT2D eigenvalue weighted by Crippen LogP contribution is -2.16. The molecule has 0 radical (unpaired) electrons. The molecule has 1 aromatic heterocycles. The van der Waals surface area contributed by atoms with E-state index in [9.17, 15) is 4.79 Å². The number of benzene rings is 3. The van der Waals surface area contributed by atoms with Crippen LogP contribution in [0.4, 0.5) is 0 Å². The van der Waals surface area contributed by atoms with Gasteiger partial charge in [-0.05, 0) is 47.5 Å². The standard InChI is InChI=1S/C24H18Cl2N4O3/c25-18-8-11-20(21(26)14-18)23(27)29-33-24(31)22-12-13-30(28-22)15-32-19-9-6-17(7-10-19)16-4-2-1-3-5-16/h1-14H,15H2,(H2,27,29). The predicted octanol–water partition coefficient (Wildman–Crippen LogP) is 5.37. The maximum Gasteiger partial charge on any atom is 0.385 e. The van der Waals surface area contributed by atoms with Crippen molar-refractivity contribution in [2.75, 3.05) is 0 Å². The number of carbonyl (C=O) groups excluding carboxylic acids is 1. The summed E-state index contributed by atoms with van der Waals surface area (Å²) in [5.74, 6) is -0.160. The Kier molecular flexibility index (Phi) is 6.92. The summed E-state index contributed by atoms with van der Waals surface area (Å²) in [6.07, 6.45) is 1.60. The highest BCUT2D eigenvalue weighted by molar-refractivity contribution is 6.36. The second-order valence-corrected chi connectivity index (χ2v) is 7.73. The zero-order chi connectivity index (χ0) is 23.2. The summed E-state index contributed by atoms with van der Waals surface area (Å²) in [5.41, 5.74) is 8.50. The van der Waals surface area contributed by atoms with Gasteiger partial charge >= 0.3 is 5.97 Å². The Morgan fingerprint density at radius 3 is 2.42 bits per heavy atom. The summed E-state index contributed by atoms with van der Waals surface area (Å²) in [6.45, 7) is 0.115. The van der Waals surface area contributed by atoms with E-state index in [1.807, 2.05) is 54.6 Å². The predicted molar refractivity (Wildman–Crippen MR) is 127 cm³/mol. The van der Waals surface area contributed by atoms with Crippen LogP contribution in [0.5, 0.6) is 5.75 Å². The third kappa shape index (κ3) is 5.71. The van der Waals surface area contributed by atoms with E-state index < -0.39 is 5.97 Å². The lowest BCUT2D eigenvalue weighted by atomic mass is 10.1. The van der Waals surface area contributed by atoms with Gasteiger partial charge in [0.15, 0.2) is 18.3 Å². The van der Waals surface area contributed by atoms with Crippen LogP contribution in [0.1, 0.15) is 16.1 Å². The van der Waals surface area contributed by atoms with Crippen LogP contribution in [-0.4, -0.2) is 21.6 Å². The molecule has 7 nitrogen and oxygen atoms in total. The molecule has 0 aliphatic heterocycles. The Morgan fingerprint density at radius 2 is 1.70 bits per heavy atom. The number of rotatable bonds is 7. The van der Waals surface area contributed by atoms with Gasteiger partial charge in [-0.3, -0.25) is 0 Å². The summed E-state index contributed by atoms with van der Waals surface area (Å²) in [4.78, 5) is 17.1. The van der Waals surface area contributed by atoms with Crippen LogP contribution < -0.4 is 10.5 Å². The van der Waals surface area contributed by atoms with Crippen molar-refractivity contribution < 1.29 is 14.4 Å². The normalized spacial score (nSPS) is 11.3. The van der Waals surface area contributed by atoms with Gasteiger partial charge in [0.2, 0.25) is 0 Å². The van der Waals surface area contributed by atoms with E-state index in [-0.39, 0.29) is 23.3 Å². The van der Waals surface area contributed by atoms with Crippen molar-refractivity contribution in [3.05, 3.63) is 106 Å². The number of aromatic nitrogens is 2. The summed E-state index contributed by atoms with van der Waals surface area (Å²) in [7, 11) is 0. The highest BCUT2D eigenvalue weighted by Gasteiger charge is 2.13. The van der Waals surface area contributed by atoms with Crippen molar-refractivity contribution in [3.8, 4) is 16.9 Å². The van der Waals surface area contributed by atoms with E-state index in [4.69, 9.17) is 38.5 Å². The molecule has 0 saturated heterocycles. The maximum atomic E-state index is 12.2. The van der Waals surface area contributed by atoms with Crippen LogP contribution >= 0.6 is 23.2 Å². The first-order valence-corrected chi connectivity index (χ1v) is 10.6. The van der Waals surface area contributed by atoms with Crippen molar-refractivity contribution in [2.24, 2.45) is 10.9 Å². The molecular formula is C24H18Cl2N4O3. The molecule has 9 heteroatoms. The van der Waals surface area contributed by atoms with Gasteiger partial charge in [-0.15, -0.1) is 0 Å². The second kappa shape index (κ2) is 10.2. The van der Waals surface area contributed by atoms with Gasteiger partial charge in [-0.2, -0.15) is 5.10 Å². The highest BCUT2D eigenvalue weighted by atomic mass is 35.5. The van der Waals surface area contributed by atoms with Gasteiger partial charge < -0.3 is 15.3 Å². The Balaban J connectivity index is 1.33. The van der Waals surface area contributed by atoms with Crippen LogP contribution in [-0.2, 0) is 11.6 Å². The van der Waals surface area contributed by atoms with Gasteiger partial charge in [0.1, 0.15) is 5.75 Å². The number of hydrogen-bond donors (Lipinski definition) is 1. The number of nitrogens with zero attached hydrogens (tertiary/aromatic N) is 3. The highest BCUT2D eigenvalue weighted by Crippen LogP contribution is 2.22. The monoisotopic (exact) mass is 480 g/mol. The molecule has 1 heterocycles. The molecule has 0 aliphatic rings. The molecule has 0 bridgehead atoms. The van der Waals surface area contributed by atoms with Crippen LogP contribution in [0, 0.1) is 0 Å². The first-order chi connectivity index (χ1) is 16.0. The molecule has 0 amide bonds. The summed E-state index contributed by atoms with van der Waals surface area (Å²) in [5, 5.41) is 8.51. The molecule has 0 aliphatic carbocycles. The summed E-state index contributed by atoms with van der Waals surface area (Å²) in [6, 6.07) is 23.9. The fourth-order valence-corrected chi connectivity index (χ4v) is 3.45. The molecule has 0 spiro atoms. The molecule has 0 atom stereocenters. The van der Waals surface area contributed by atoms with Crippen molar-refractivity contribution in [2.45, 2.75) is 6.73 Å². The molecule has 166 valence electrons. The van der Waals surface area contributed by atoms with E-state index in [1.165, 1.54) is 16.8 Å². The second-order valence-electron chi connectivity index (χ2n) is 6.88. The summed E-state index contributed by atoms with van der Waals surface area (Å²) >= 11 is 11.9. The third-order valence-electron chi connectivity index (χ3n) is 4.61. The average molecular weight is 481 g/mol. The number of nitrogens with two attached hydrogens (primary N) is 1. The molecule has 0 unspecified atom stereocenters. The van der Waals surface area contributed by atoms with Crippen molar-refractivity contribution in [1.82, 2.24) is 9.78 Å². The maximum absolute atomic E-state index is 12.2. The first-order valence-electron chi connectivity index (χ1n) is 9.81. The Labute approximate surface area is 199 Å². The Bertz CT molecular complexity index is 1290. The Morgan fingerprint density at radius 1 is 0.970 bits per heavy atom. The van der Waals surface area contributed by atoms with Crippen LogP contribution in [0.2, 0.25) is 10.0 Å². The molecule has 3 aromatic carbocycles. The molecular weight excluding hydrogens is 463 g/mol. The zero-order valence-electron chi connectivity index (χ0n) is 17.2. The lowest BCUT2D eigenvalue weighted by molar-refractivity contribution is 0.0507. The zero-order valence-corrected chi connectivity index (χ0v) is 18.7. The molecule has 0 saturated carbocycles. The smallest absolute Gasteiger partial charge is 0.385 e. The molecule has 2 N–H and O–H groups in total. The van der Waals surface area contributed by atoms with Gasteiger partial charge in [-0.1, -0.05) is 70.8 Å². The lowest BCUT2D eigenvalue weighted by Gasteiger charge is -2.07. The van der Waals surface area contributed by atoms with Gasteiger partial charge in [0.25, 0.3) is 0 Å². The van der Waals surface area contributed by atoms with Gasteiger partial charge in [0.05, 0.1) is 5.02 Å². The number of ether oxygens (including phenoxy) is 1.